The molecule has 152 valence electrons. The maximum atomic E-state index is 12.0. The van der Waals surface area contributed by atoms with Crippen molar-refractivity contribution in [3.63, 3.8) is 0 Å². The quantitative estimate of drug-likeness (QED) is 0.321. The lowest BCUT2D eigenvalue weighted by Gasteiger charge is -2.13. The van der Waals surface area contributed by atoms with Gasteiger partial charge in [-0.05, 0) is 49.3 Å². The third kappa shape index (κ3) is 5.75. The number of carbonyl (C=O) groups excluding carboxylic acids is 1. The summed E-state index contributed by atoms with van der Waals surface area (Å²) in [4.78, 5) is 19.6. The minimum Gasteiger partial charge on any atom is -0.361 e. The largest absolute Gasteiger partial charge is 0.361 e. The molecule has 0 radical (unpaired) electrons. The zero-order chi connectivity index (χ0) is 19.8. The Bertz CT molecular complexity index is 804. The van der Waals surface area contributed by atoms with Crippen molar-refractivity contribution in [1.82, 2.24) is 20.9 Å². The number of hydrogen-bond donors (Lipinski definition) is 4. The Morgan fingerprint density at radius 1 is 1.14 bits per heavy atom. The Balaban J connectivity index is 1.33. The highest BCUT2D eigenvalue weighted by Gasteiger charge is 2.17. The number of H-pyrrole nitrogens is 1. The van der Waals surface area contributed by atoms with Gasteiger partial charge in [0.2, 0.25) is 5.91 Å². The summed E-state index contributed by atoms with van der Waals surface area (Å²) in [5.41, 5.74) is 3.75. The van der Waals surface area contributed by atoms with E-state index in [1.165, 1.54) is 47.7 Å². The number of rotatable bonds is 8. The molecule has 4 N–H and O–H groups in total. The topological polar surface area (TPSA) is 81.3 Å². The number of aliphatic imine (C=N–C) groups is 1. The van der Waals surface area contributed by atoms with Crippen LogP contribution in [0.25, 0.3) is 10.9 Å². The molecule has 1 aliphatic carbocycles. The second-order valence-electron chi connectivity index (χ2n) is 7.74. The molecule has 6 nitrogen and oxygen atoms in total. The molecule has 1 saturated carbocycles. The summed E-state index contributed by atoms with van der Waals surface area (Å²) >= 11 is 0. The molecule has 0 aliphatic heterocycles. The van der Waals surface area contributed by atoms with E-state index < -0.39 is 0 Å². The summed E-state index contributed by atoms with van der Waals surface area (Å²) in [5.74, 6) is 1.53. The molecule has 1 heterocycles. The van der Waals surface area contributed by atoms with Crippen LogP contribution in [0.1, 0.15) is 43.2 Å². The van der Waals surface area contributed by atoms with Crippen LogP contribution < -0.4 is 16.0 Å². The van der Waals surface area contributed by atoms with E-state index in [9.17, 15) is 4.79 Å². The Labute approximate surface area is 167 Å². The van der Waals surface area contributed by atoms with Gasteiger partial charge in [0.15, 0.2) is 5.96 Å². The van der Waals surface area contributed by atoms with E-state index in [1.807, 2.05) is 0 Å². The molecule has 0 spiro atoms. The first-order valence-electron chi connectivity index (χ1n) is 10.4. The minimum absolute atomic E-state index is 0.172. The number of carbonyl (C=O) groups is 1. The molecule has 0 atom stereocenters. The highest BCUT2D eigenvalue weighted by Crippen LogP contribution is 2.27. The maximum absolute atomic E-state index is 12.0. The predicted octanol–water partition coefficient (Wildman–Crippen LogP) is 2.88. The molecule has 28 heavy (non-hydrogen) atoms. The van der Waals surface area contributed by atoms with Crippen molar-refractivity contribution in [3.05, 3.63) is 35.5 Å². The highest BCUT2D eigenvalue weighted by atomic mass is 16.1. The van der Waals surface area contributed by atoms with Gasteiger partial charge in [-0.2, -0.15) is 0 Å². The zero-order valence-corrected chi connectivity index (χ0v) is 17.1. The molecule has 1 fully saturated rings. The summed E-state index contributed by atoms with van der Waals surface area (Å²) in [7, 11) is 1.77. The van der Waals surface area contributed by atoms with Crippen molar-refractivity contribution in [2.75, 3.05) is 26.7 Å². The highest BCUT2D eigenvalue weighted by molar-refractivity contribution is 5.84. The van der Waals surface area contributed by atoms with Gasteiger partial charge in [0.05, 0.1) is 0 Å². The van der Waals surface area contributed by atoms with Crippen LogP contribution in [-0.4, -0.2) is 43.5 Å². The van der Waals surface area contributed by atoms with Gasteiger partial charge in [-0.3, -0.25) is 9.79 Å². The first-order chi connectivity index (χ1) is 13.7. The lowest BCUT2D eigenvalue weighted by molar-refractivity contribution is -0.121. The number of aromatic amines is 1. The summed E-state index contributed by atoms with van der Waals surface area (Å²) < 4.78 is 0. The van der Waals surface area contributed by atoms with Gasteiger partial charge in [-0.15, -0.1) is 0 Å². The van der Waals surface area contributed by atoms with Crippen LogP contribution in [0, 0.1) is 12.8 Å². The van der Waals surface area contributed by atoms with E-state index in [1.54, 1.807) is 7.05 Å². The van der Waals surface area contributed by atoms with E-state index in [0.717, 1.165) is 18.9 Å². The van der Waals surface area contributed by atoms with Gasteiger partial charge in [0.1, 0.15) is 0 Å². The smallest absolute Gasteiger partial charge is 0.220 e. The zero-order valence-electron chi connectivity index (χ0n) is 17.1. The number of benzene rings is 1. The maximum Gasteiger partial charge on any atom is 0.220 e. The van der Waals surface area contributed by atoms with Crippen LogP contribution in [0.4, 0.5) is 0 Å². The van der Waals surface area contributed by atoms with Crippen molar-refractivity contribution >= 4 is 22.8 Å². The molecule has 1 amide bonds. The Morgan fingerprint density at radius 2 is 1.89 bits per heavy atom. The summed E-state index contributed by atoms with van der Waals surface area (Å²) in [6.07, 6.45) is 8.65. The Kier molecular flexibility index (Phi) is 7.34. The molecule has 3 rings (SSSR count). The van der Waals surface area contributed by atoms with Crippen LogP contribution in [0.2, 0.25) is 0 Å². The fraction of sp³-hybridized carbons (Fsp3) is 0.545. The first-order valence-corrected chi connectivity index (χ1v) is 10.4. The number of nitrogens with zero attached hydrogens (tertiary/aromatic N) is 1. The van der Waals surface area contributed by atoms with Gasteiger partial charge in [-0.1, -0.05) is 25.0 Å². The number of hydrogen-bond acceptors (Lipinski definition) is 2. The Morgan fingerprint density at radius 3 is 2.68 bits per heavy atom. The molecule has 2 aromatic rings. The second kappa shape index (κ2) is 10.2. The average Bonchev–Trinajstić information content (AvgIpc) is 3.33. The standard InChI is InChI=1S/C22H33N5O/c1-16-7-8-19-18(15-27-20(19)13-16)9-10-25-22(23-2)26-12-11-24-21(28)14-17-5-3-4-6-17/h7-8,13,15,17,27H,3-6,9-12,14H2,1-2H3,(H,24,28)(H2,23,25,26). The van der Waals surface area contributed by atoms with Gasteiger partial charge in [-0.25, -0.2) is 0 Å². The molecule has 0 saturated heterocycles. The van der Waals surface area contributed by atoms with Gasteiger partial charge in [0.25, 0.3) is 0 Å². The molecule has 1 aromatic carbocycles. The number of aromatic nitrogens is 1. The van der Waals surface area contributed by atoms with E-state index in [-0.39, 0.29) is 5.91 Å². The fourth-order valence-corrected chi connectivity index (χ4v) is 3.97. The van der Waals surface area contributed by atoms with Crippen LogP contribution in [0.5, 0.6) is 0 Å². The molecular weight excluding hydrogens is 350 g/mol. The second-order valence-corrected chi connectivity index (χ2v) is 7.74. The monoisotopic (exact) mass is 383 g/mol. The molecule has 6 heteroatoms. The fourth-order valence-electron chi connectivity index (χ4n) is 3.97. The van der Waals surface area contributed by atoms with E-state index in [0.29, 0.717) is 25.4 Å². The van der Waals surface area contributed by atoms with Gasteiger partial charge < -0.3 is 20.9 Å². The molecule has 1 aliphatic rings. The van der Waals surface area contributed by atoms with Crippen LogP contribution in [0.15, 0.2) is 29.4 Å². The normalized spacial score (nSPS) is 15.1. The molecular formula is C22H33N5O. The third-order valence-corrected chi connectivity index (χ3v) is 5.52. The van der Waals surface area contributed by atoms with Crippen molar-refractivity contribution in [1.29, 1.82) is 0 Å². The minimum atomic E-state index is 0.172. The average molecular weight is 384 g/mol. The van der Waals surface area contributed by atoms with Crippen LogP contribution in [-0.2, 0) is 11.2 Å². The molecule has 0 unspecified atom stereocenters. The SMILES string of the molecule is CN=C(NCCNC(=O)CC1CCCC1)NCCc1c[nH]c2cc(C)ccc12. The lowest BCUT2D eigenvalue weighted by Crippen LogP contribution is -2.42. The van der Waals surface area contributed by atoms with Gasteiger partial charge in [0, 0.05) is 50.2 Å². The van der Waals surface area contributed by atoms with Crippen molar-refractivity contribution in [2.24, 2.45) is 10.9 Å². The number of guanidine groups is 1. The van der Waals surface area contributed by atoms with Crippen molar-refractivity contribution < 1.29 is 4.79 Å². The molecule has 1 aromatic heterocycles. The van der Waals surface area contributed by atoms with Crippen LogP contribution in [0.3, 0.4) is 0 Å². The summed E-state index contributed by atoms with van der Waals surface area (Å²) in [6, 6.07) is 6.50. The first kappa shape index (κ1) is 20.2. The Hall–Kier alpha value is -2.50. The van der Waals surface area contributed by atoms with E-state index in [2.05, 4.69) is 57.2 Å². The van der Waals surface area contributed by atoms with E-state index in [4.69, 9.17) is 0 Å². The third-order valence-electron chi connectivity index (χ3n) is 5.52. The van der Waals surface area contributed by atoms with E-state index >= 15 is 0 Å². The number of fused-ring (bicyclic) bond motifs is 1. The predicted molar refractivity (Wildman–Crippen MR) is 116 cm³/mol. The number of nitrogens with one attached hydrogen (secondary N) is 4. The lowest BCUT2D eigenvalue weighted by atomic mass is 10.0. The summed E-state index contributed by atoms with van der Waals surface area (Å²) in [5, 5.41) is 10.9. The van der Waals surface area contributed by atoms with Crippen LogP contribution >= 0.6 is 0 Å². The van der Waals surface area contributed by atoms with Crippen molar-refractivity contribution in [2.45, 2.75) is 45.4 Å². The number of aryl methyl sites for hydroxylation is 1. The number of amides is 1. The summed E-state index contributed by atoms with van der Waals surface area (Å²) in [6.45, 7) is 4.19. The van der Waals surface area contributed by atoms with Gasteiger partial charge >= 0.3 is 0 Å². The van der Waals surface area contributed by atoms with Crippen molar-refractivity contribution in [3.8, 4) is 0 Å². The molecule has 0 bridgehead atoms.